The zero-order valence-corrected chi connectivity index (χ0v) is 13.1. The fraction of sp³-hybridized carbons (Fsp3) is 0.333. The van der Waals surface area contributed by atoms with Crippen LogP contribution in [0.3, 0.4) is 0 Å². The summed E-state index contributed by atoms with van der Waals surface area (Å²) in [7, 11) is 0. The molecule has 0 spiro atoms. The second-order valence-electron chi connectivity index (χ2n) is 3.90. The van der Waals surface area contributed by atoms with Crippen LogP contribution in [0.25, 0.3) is 0 Å². The van der Waals surface area contributed by atoms with Gasteiger partial charge in [-0.2, -0.15) is 0 Å². The van der Waals surface area contributed by atoms with Crippen LogP contribution in [0.4, 0.5) is 0 Å². The van der Waals surface area contributed by atoms with E-state index < -0.39 is 0 Å². The zero-order chi connectivity index (χ0) is 13.0. The Balaban J connectivity index is 2.02. The Morgan fingerprint density at radius 2 is 2.22 bits per heavy atom. The lowest BCUT2D eigenvalue weighted by molar-refractivity contribution is 0.493. The molecule has 0 bridgehead atoms. The van der Waals surface area contributed by atoms with Crippen molar-refractivity contribution in [3.8, 4) is 0 Å². The third-order valence-corrected chi connectivity index (χ3v) is 3.78. The van der Waals surface area contributed by atoms with Gasteiger partial charge in [-0.05, 0) is 44.3 Å². The average Bonchev–Trinajstić information content (AvgIpc) is 2.86. The molecule has 0 saturated heterocycles. The first-order valence-corrected chi connectivity index (χ1v) is 7.32. The fourth-order valence-corrected chi connectivity index (χ4v) is 2.82. The topological polar surface area (TPSA) is 53.6 Å². The number of hydrogen-bond donors (Lipinski definition) is 2. The van der Waals surface area contributed by atoms with Crippen LogP contribution in [0.5, 0.6) is 0 Å². The van der Waals surface area contributed by atoms with Gasteiger partial charge >= 0.3 is 0 Å². The van der Waals surface area contributed by atoms with Gasteiger partial charge in [0.05, 0.1) is 11.7 Å². The van der Waals surface area contributed by atoms with E-state index in [2.05, 4.69) is 59.1 Å². The lowest BCUT2D eigenvalue weighted by Crippen LogP contribution is -2.22. The molecule has 0 fully saturated rings. The number of H-pyrrole nitrogens is 1. The third kappa shape index (κ3) is 3.40. The van der Waals surface area contributed by atoms with Crippen LogP contribution >= 0.6 is 31.9 Å². The first kappa shape index (κ1) is 13.7. The van der Waals surface area contributed by atoms with Crippen LogP contribution in [0.1, 0.15) is 30.9 Å². The number of nitrogens with zero attached hydrogens (tertiary/aromatic N) is 2. The second-order valence-corrected chi connectivity index (χ2v) is 5.67. The van der Waals surface area contributed by atoms with Gasteiger partial charge in [0.25, 0.3) is 0 Å². The van der Waals surface area contributed by atoms with Crippen molar-refractivity contribution in [2.45, 2.75) is 25.9 Å². The van der Waals surface area contributed by atoms with Gasteiger partial charge < -0.3 is 10.3 Å². The smallest absolute Gasteiger partial charge is 0.123 e. The molecule has 0 aliphatic rings. The maximum absolute atomic E-state index is 4.38. The Hall–Kier alpha value is -0.720. The van der Waals surface area contributed by atoms with Crippen molar-refractivity contribution in [2.75, 3.05) is 0 Å². The van der Waals surface area contributed by atoms with Gasteiger partial charge in [-0.1, -0.05) is 6.92 Å². The normalized spacial score (nSPS) is 12.6. The minimum atomic E-state index is 0.220. The summed E-state index contributed by atoms with van der Waals surface area (Å²) >= 11 is 6.91. The van der Waals surface area contributed by atoms with Gasteiger partial charge in [0, 0.05) is 34.1 Å². The Morgan fingerprint density at radius 3 is 2.83 bits per heavy atom. The maximum Gasteiger partial charge on any atom is 0.123 e. The Labute approximate surface area is 123 Å². The summed E-state index contributed by atoms with van der Waals surface area (Å²) in [6.07, 6.45) is 6.39. The number of aromatic amines is 1. The minimum absolute atomic E-state index is 0.220. The van der Waals surface area contributed by atoms with Gasteiger partial charge in [-0.15, -0.1) is 0 Å². The number of aromatic nitrogens is 3. The van der Waals surface area contributed by atoms with Crippen LogP contribution in [-0.2, 0) is 6.54 Å². The van der Waals surface area contributed by atoms with E-state index in [0.29, 0.717) is 6.54 Å². The summed E-state index contributed by atoms with van der Waals surface area (Å²) in [5.41, 5.74) is 0.989. The minimum Gasteiger partial charge on any atom is -0.347 e. The molecule has 6 heteroatoms. The highest BCUT2D eigenvalue weighted by atomic mass is 79.9. The molecule has 4 nitrogen and oxygen atoms in total. The van der Waals surface area contributed by atoms with Crippen LogP contribution in [0.2, 0.25) is 0 Å². The van der Waals surface area contributed by atoms with Gasteiger partial charge in [0.15, 0.2) is 0 Å². The SMILES string of the molecule is CCC(NCc1ncc(Br)cc1Br)c1ncc[nH]1. The van der Waals surface area contributed by atoms with Gasteiger partial charge in [0.2, 0.25) is 0 Å². The van der Waals surface area contributed by atoms with Gasteiger partial charge in [-0.25, -0.2) is 4.98 Å². The molecule has 2 heterocycles. The first-order chi connectivity index (χ1) is 8.70. The van der Waals surface area contributed by atoms with Crippen molar-refractivity contribution < 1.29 is 0 Å². The molecule has 0 radical (unpaired) electrons. The van der Waals surface area contributed by atoms with E-state index >= 15 is 0 Å². The number of hydrogen-bond acceptors (Lipinski definition) is 3. The summed E-state index contributed by atoms with van der Waals surface area (Å²) in [5, 5.41) is 3.45. The molecular formula is C12H14Br2N4. The first-order valence-electron chi connectivity index (χ1n) is 5.73. The Kier molecular flexibility index (Phi) is 4.91. The van der Waals surface area contributed by atoms with E-state index in [1.54, 1.807) is 12.4 Å². The predicted octanol–water partition coefficient (Wildman–Crippen LogP) is 3.57. The second kappa shape index (κ2) is 6.45. The average molecular weight is 374 g/mol. The molecule has 96 valence electrons. The van der Waals surface area contributed by atoms with Crippen LogP contribution in [-0.4, -0.2) is 15.0 Å². The van der Waals surface area contributed by atoms with E-state index in [0.717, 1.165) is 26.9 Å². The van der Waals surface area contributed by atoms with Gasteiger partial charge in [-0.3, -0.25) is 4.98 Å². The van der Waals surface area contributed by atoms with Gasteiger partial charge in [0.1, 0.15) is 5.82 Å². The van der Waals surface area contributed by atoms with E-state index in [-0.39, 0.29) is 6.04 Å². The number of imidazole rings is 1. The van der Waals surface area contributed by atoms with Crippen molar-refractivity contribution in [3.63, 3.8) is 0 Å². The maximum atomic E-state index is 4.38. The lowest BCUT2D eigenvalue weighted by atomic mass is 10.2. The number of pyridine rings is 1. The zero-order valence-electron chi connectivity index (χ0n) is 9.95. The molecule has 1 unspecified atom stereocenters. The summed E-state index contributed by atoms with van der Waals surface area (Å²) < 4.78 is 1.97. The van der Waals surface area contributed by atoms with Crippen molar-refractivity contribution in [1.29, 1.82) is 0 Å². The molecular weight excluding hydrogens is 360 g/mol. The standard InChI is InChI=1S/C12H14Br2N4/c1-2-10(12-15-3-4-16-12)18-7-11-9(14)5-8(13)6-17-11/h3-6,10,18H,2,7H2,1H3,(H,15,16). The monoisotopic (exact) mass is 372 g/mol. The summed E-state index contributed by atoms with van der Waals surface area (Å²) in [5.74, 6) is 0.964. The van der Waals surface area contributed by atoms with E-state index in [1.165, 1.54) is 0 Å². The van der Waals surface area contributed by atoms with Crippen LogP contribution < -0.4 is 5.32 Å². The Morgan fingerprint density at radius 1 is 1.39 bits per heavy atom. The van der Waals surface area contributed by atoms with Crippen molar-refractivity contribution in [2.24, 2.45) is 0 Å². The summed E-state index contributed by atoms with van der Waals surface area (Å²) in [6, 6.07) is 2.22. The highest BCUT2D eigenvalue weighted by molar-refractivity contribution is 9.11. The molecule has 2 N–H and O–H groups in total. The van der Waals surface area contributed by atoms with E-state index in [1.807, 2.05) is 12.3 Å². The van der Waals surface area contributed by atoms with E-state index in [9.17, 15) is 0 Å². The number of nitrogens with one attached hydrogen (secondary N) is 2. The fourth-order valence-electron chi connectivity index (χ4n) is 1.70. The van der Waals surface area contributed by atoms with Crippen molar-refractivity contribution >= 4 is 31.9 Å². The Bertz CT molecular complexity index is 499. The highest BCUT2D eigenvalue weighted by Crippen LogP contribution is 2.20. The molecule has 2 rings (SSSR count). The highest BCUT2D eigenvalue weighted by Gasteiger charge is 2.12. The number of rotatable bonds is 5. The molecule has 18 heavy (non-hydrogen) atoms. The molecule has 0 aromatic carbocycles. The predicted molar refractivity (Wildman–Crippen MR) is 78.1 cm³/mol. The van der Waals surface area contributed by atoms with Crippen molar-refractivity contribution in [1.82, 2.24) is 20.3 Å². The molecule has 0 aliphatic heterocycles. The van der Waals surface area contributed by atoms with Crippen LogP contribution in [0, 0.1) is 0 Å². The third-order valence-electron chi connectivity index (χ3n) is 2.66. The molecule has 2 aromatic heterocycles. The van der Waals surface area contributed by atoms with Crippen molar-refractivity contribution in [3.05, 3.63) is 45.1 Å². The lowest BCUT2D eigenvalue weighted by Gasteiger charge is -2.14. The molecule has 1 atom stereocenters. The molecule has 0 aliphatic carbocycles. The molecule has 2 aromatic rings. The largest absolute Gasteiger partial charge is 0.347 e. The van der Waals surface area contributed by atoms with E-state index in [4.69, 9.17) is 0 Å². The van der Waals surface area contributed by atoms with Crippen LogP contribution in [0.15, 0.2) is 33.6 Å². The molecule has 0 amide bonds. The number of halogens is 2. The molecule has 0 saturated carbocycles. The summed E-state index contributed by atoms with van der Waals surface area (Å²) in [4.78, 5) is 11.8. The summed E-state index contributed by atoms with van der Waals surface area (Å²) in [6.45, 7) is 2.83. The quantitative estimate of drug-likeness (QED) is 0.842.